The molecule has 3 aromatic rings. The number of nitro benzene ring substituents is 1. The fraction of sp³-hybridized carbons (Fsp3) is 0.250. The van der Waals surface area contributed by atoms with E-state index in [1.807, 2.05) is 0 Å². The molecule has 32 heavy (non-hydrogen) atoms. The Morgan fingerprint density at radius 1 is 1.12 bits per heavy atom. The van der Waals surface area contributed by atoms with Crippen molar-refractivity contribution in [1.29, 1.82) is 0 Å². The van der Waals surface area contributed by atoms with Crippen molar-refractivity contribution >= 4 is 27.3 Å². The van der Waals surface area contributed by atoms with Crippen molar-refractivity contribution in [2.24, 2.45) is 0 Å². The minimum absolute atomic E-state index is 0.00203. The highest BCUT2D eigenvalue weighted by Gasteiger charge is 2.23. The van der Waals surface area contributed by atoms with Gasteiger partial charge in [-0.3, -0.25) is 14.9 Å². The van der Waals surface area contributed by atoms with Gasteiger partial charge in [0, 0.05) is 23.4 Å². The number of nitrogens with one attached hydrogen (secondary N) is 2. The predicted molar refractivity (Wildman–Crippen MR) is 117 cm³/mol. The molecular formula is C20H22N6O5S. The molecule has 1 aromatic heterocycles. The van der Waals surface area contributed by atoms with Gasteiger partial charge in [0.2, 0.25) is 10.0 Å². The van der Waals surface area contributed by atoms with Gasteiger partial charge in [0.05, 0.1) is 21.2 Å². The van der Waals surface area contributed by atoms with Crippen molar-refractivity contribution in [1.82, 2.24) is 19.7 Å². The molecule has 0 saturated heterocycles. The minimum Gasteiger partial charge on any atom is -0.320 e. The molecule has 11 nitrogen and oxygen atoms in total. The third kappa shape index (κ3) is 5.15. The largest absolute Gasteiger partial charge is 0.320 e. The van der Waals surface area contributed by atoms with E-state index >= 15 is 0 Å². The summed E-state index contributed by atoms with van der Waals surface area (Å²) in [6, 6.07) is 11.6. The van der Waals surface area contributed by atoms with Crippen molar-refractivity contribution in [2.75, 3.05) is 5.32 Å². The van der Waals surface area contributed by atoms with Crippen molar-refractivity contribution in [3.8, 4) is 5.69 Å². The van der Waals surface area contributed by atoms with Crippen LogP contribution in [0.4, 0.5) is 11.4 Å². The molecule has 0 aliphatic rings. The normalized spacial score (nSPS) is 11.9. The number of non-ortho nitro benzene ring substituents is 1. The Hall–Kier alpha value is -3.64. The number of carbonyl (C=O) groups excluding carboxylic acids is 1. The van der Waals surface area contributed by atoms with Gasteiger partial charge >= 0.3 is 0 Å². The first-order chi connectivity index (χ1) is 14.9. The Kier molecular flexibility index (Phi) is 6.10. The van der Waals surface area contributed by atoms with E-state index in [1.54, 1.807) is 39.8 Å². The van der Waals surface area contributed by atoms with Crippen LogP contribution in [0, 0.1) is 17.0 Å². The molecule has 0 saturated carbocycles. The molecule has 0 atom stereocenters. The Morgan fingerprint density at radius 2 is 1.81 bits per heavy atom. The van der Waals surface area contributed by atoms with E-state index in [4.69, 9.17) is 0 Å². The molecule has 1 heterocycles. The Balaban J connectivity index is 1.85. The van der Waals surface area contributed by atoms with Gasteiger partial charge in [-0.25, -0.2) is 17.8 Å². The van der Waals surface area contributed by atoms with Crippen LogP contribution in [0.15, 0.2) is 53.4 Å². The number of rotatable bonds is 6. The standard InChI is InChI=1S/C20H22N6O5S/c1-13-18(22-24-25(13)15-8-6-9-16(12-15)26(28)29)19(27)21-14-7-5-10-17(11-14)32(30,31)23-20(2,3)4/h5-12,23H,1-4H3,(H,21,27). The average molecular weight is 459 g/mol. The lowest BCUT2D eigenvalue weighted by atomic mass is 10.1. The van der Waals surface area contributed by atoms with E-state index in [0.717, 1.165) is 0 Å². The van der Waals surface area contributed by atoms with Crippen LogP contribution >= 0.6 is 0 Å². The van der Waals surface area contributed by atoms with E-state index in [-0.39, 0.29) is 22.0 Å². The first kappa shape index (κ1) is 23.0. The van der Waals surface area contributed by atoms with Crippen LogP contribution < -0.4 is 10.0 Å². The van der Waals surface area contributed by atoms with E-state index in [2.05, 4.69) is 20.4 Å². The molecule has 3 rings (SSSR count). The Morgan fingerprint density at radius 3 is 2.47 bits per heavy atom. The highest BCUT2D eigenvalue weighted by molar-refractivity contribution is 7.89. The molecule has 0 unspecified atom stereocenters. The van der Waals surface area contributed by atoms with Crippen LogP contribution in [0.1, 0.15) is 37.0 Å². The van der Waals surface area contributed by atoms with Crippen LogP contribution in [-0.4, -0.2) is 39.8 Å². The Bertz CT molecular complexity index is 1290. The van der Waals surface area contributed by atoms with Gasteiger partial charge in [0.25, 0.3) is 11.6 Å². The fourth-order valence-electron chi connectivity index (χ4n) is 2.92. The van der Waals surface area contributed by atoms with Crippen LogP contribution in [-0.2, 0) is 10.0 Å². The van der Waals surface area contributed by atoms with Crippen molar-refractivity contribution in [3.05, 3.63) is 70.0 Å². The zero-order chi connectivity index (χ0) is 23.7. The number of carbonyl (C=O) groups is 1. The van der Waals surface area contributed by atoms with E-state index in [0.29, 0.717) is 11.4 Å². The third-order valence-electron chi connectivity index (χ3n) is 4.24. The second-order valence-electron chi connectivity index (χ2n) is 8.05. The smallest absolute Gasteiger partial charge is 0.278 e. The second kappa shape index (κ2) is 8.48. The lowest BCUT2D eigenvalue weighted by Gasteiger charge is -2.20. The molecule has 0 aliphatic heterocycles. The number of nitrogens with zero attached hydrogens (tertiary/aromatic N) is 4. The molecule has 1 amide bonds. The highest BCUT2D eigenvalue weighted by atomic mass is 32.2. The molecule has 12 heteroatoms. The first-order valence-electron chi connectivity index (χ1n) is 9.50. The van der Waals surface area contributed by atoms with Crippen LogP contribution in [0.25, 0.3) is 5.69 Å². The number of amides is 1. The molecule has 0 bridgehead atoms. The number of anilines is 1. The monoisotopic (exact) mass is 458 g/mol. The van der Waals surface area contributed by atoms with Crippen LogP contribution in [0.2, 0.25) is 0 Å². The molecule has 0 fully saturated rings. The number of hydrogen-bond donors (Lipinski definition) is 2. The van der Waals surface area contributed by atoms with Gasteiger partial charge in [-0.2, -0.15) is 0 Å². The van der Waals surface area contributed by atoms with Crippen molar-refractivity contribution in [3.63, 3.8) is 0 Å². The summed E-state index contributed by atoms with van der Waals surface area (Å²) in [7, 11) is -3.78. The minimum atomic E-state index is -3.78. The zero-order valence-corrected chi connectivity index (χ0v) is 18.7. The molecule has 2 aromatic carbocycles. The molecule has 168 valence electrons. The van der Waals surface area contributed by atoms with E-state index in [9.17, 15) is 23.3 Å². The highest BCUT2D eigenvalue weighted by Crippen LogP contribution is 2.21. The van der Waals surface area contributed by atoms with Crippen molar-refractivity contribution < 1.29 is 18.1 Å². The maximum Gasteiger partial charge on any atom is 0.278 e. The average Bonchev–Trinajstić information content (AvgIpc) is 3.08. The van der Waals surface area contributed by atoms with Gasteiger partial charge in [-0.1, -0.05) is 17.3 Å². The molecule has 0 aliphatic carbocycles. The lowest BCUT2D eigenvalue weighted by molar-refractivity contribution is -0.384. The van der Waals surface area contributed by atoms with Gasteiger partial charge in [-0.05, 0) is 52.0 Å². The summed E-state index contributed by atoms with van der Waals surface area (Å²) in [6.45, 7) is 6.78. The number of benzene rings is 2. The maximum absolute atomic E-state index is 12.7. The number of nitro groups is 1. The summed E-state index contributed by atoms with van der Waals surface area (Å²) in [6.07, 6.45) is 0. The molecule has 0 radical (unpaired) electrons. The summed E-state index contributed by atoms with van der Waals surface area (Å²) >= 11 is 0. The summed E-state index contributed by atoms with van der Waals surface area (Å²) in [5, 5.41) is 21.4. The number of hydrogen-bond acceptors (Lipinski definition) is 7. The predicted octanol–water partition coefficient (Wildman–Crippen LogP) is 2.81. The summed E-state index contributed by atoms with van der Waals surface area (Å²) in [4.78, 5) is 23.2. The third-order valence-corrected chi connectivity index (χ3v) is 5.99. The SMILES string of the molecule is Cc1c(C(=O)Nc2cccc(S(=O)(=O)NC(C)(C)C)c2)nnn1-c1cccc([N+](=O)[O-])c1. The van der Waals surface area contributed by atoms with Crippen LogP contribution in [0.3, 0.4) is 0 Å². The van der Waals surface area contributed by atoms with Gasteiger partial charge < -0.3 is 5.32 Å². The molecule has 0 spiro atoms. The zero-order valence-electron chi connectivity index (χ0n) is 17.9. The second-order valence-corrected chi connectivity index (χ2v) is 9.73. The maximum atomic E-state index is 12.7. The van der Waals surface area contributed by atoms with Gasteiger partial charge in [0.15, 0.2) is 5.69 Å². The topological polar surface area (TPSA) is 149 Å². The van der Waals surface area contributed by atoms with Crippen LogP contribution in [0.5, 0.6) is 0 Å². The Labute approximate surface area is 184 Å². The lowest BCUT2D eigenvalue weighted by Crippen LogP contribution is -2.40. The summed E-state index contributed by atoms with van der Waals surface area (Å²) in [5.41, 5.74) is 0.213. The molecule has 2 N–H and O–H groups in total. The quantitative estimate of drug-likeness (QED) is 0.426. The molecular weight excluding hydrogens is 436 g/mol. The summed E-state index contributed by atoms with van der Waals surface area (Å²) in [5.74, 6) is -0.600. The van der Waals surface area contributed by atoms with E-state index in [1.165, 1.54) is 41.1 Å². The van der Waals surface area contributed by atoms with Gasteiger partial charge in [0.1, 0.15) is 0 Å². The van der Waals surface area contributed by atoms with Crippen molar-refractivity contribution in [2.45, 2.75) is 38.1 Å². The number of aromatic nitrogens is 3. The van der Waals surface area contributed by atoms with E-state index < -0.39 is 26.4 Å². The van der Waals surface area contributed by atoms with Gasteiger partial charge in [-0.15, -0.1) is 5.10 Å². The number of sulfonamides is 1. The first-order valence-corrected chi connectivity index (χ1v) is 11.0. The fourth-order valence-corrected chi connectivity index (χ4v) is 4.38. The summed E-state index contributed by atoms with van der Waals surface area (Å²) < 4.78 is 29.0.